The molecule has 1 aliphatic heterocycles. The van der Waals surface area contributed by atoms with Crippen molar-refractivity contribution in [2.24, 2.45) is 23.2 Å². The normalized spacial score (nSPS) is 37.8. The highest BCUT2D eigenvalue weighted by atomic mass is 16.6. The molecule has 4 saturated carbocycles. The Kier molecular flexibility index (Phi) is 3.95. The lowest BCUT2D eigenvalue weighted by Gasteiger charge is -2.57. The van der Waals surface area contributed by atoms with Gasteiger partial charge in [-0.3, -0.25) is 0 Å². The molecule has 140 valence electrons. The monoisotopic (exact) mass is 354 g/mol. The van der Waals surface area contributed by atoms with Crippen LogP contribution >= 0.6 is 0 Å². The Balaban J connectivity index is 1.48. The lowest BCUT2D eigenvalue weighted by atomic mass is 9.47. The third-order valence-corrected chi connectivity index (χ3v) is 7.36. The maximum Gasteiger partial charge on any atom is 0.493 e. The van der Waals surface area contributed by atoms with Gasteiger partial charge in [0.25, 0.3) is 0 Å². The van der Waals surface area contributed by atoms with E-state index in [0.717, 1.165) is 42.2 Å². The molecule has 4 heteroatoms. The smallest absolute Gasteiger partial charge is 0.493 e. The predicted octanol–water partition coefficient (Wildman–Crippen LogP) is 3.93. The van der Waals surface area contributed by atoms with Gasteiger partial charge < -0.3 is 14.0 Å². The summed E-state index contributed by atoms with van der Waals surface area (Å²) in [6.45, 7) is 5.88. The summed E-state index contributed by atoms with van der Waals surface area (Å²) in [6.07, 6.45) is 8.43. The zero-order valence-electron chi connectivity index (χ0n) is 16.4. The van der Waals surface area contributed by atoms with Gasteiger partial charge >= 0.3 is 7.12 Å². The molecule has 0 spiro atoms. The molecule has 1 heterocycles. The van der Waals surface area contributed by atoms with E-state index in [1.165, 1.54) is 44.1 Å². The Bertz CT molecular complexity index is 653. The molecule has 0 aromatic heterocycles. The quantitative estimate of drug-likeness (QED) is 0.770. The standard InChI is InChI=1S/C22H31BO3/c1-21(2)13-25-23(26-14-21)18-4-5-20(24-3)19(9-18)22-10-15-6-16(11-22)8-17(7-15)12-22/h4-5,9,15-17H,6-8,10-14H2,1-3H3. The van der Waals surface area contributed by atoms with Crippen LogP contribution in [0.4, 0.5) is 0 Å². The van der Waals surface area contributed by atoms with Crippen LogP contribution in [0.1, 0.15) is 57.9 Å². The van der Waals surface area contributed by atoms with Crippen LogP contribution in [-0.4, -0.2) is 27.4 Å². The molecule has 0 unspecified atom stereocenters. The van der Waals surface area contributed by atoms with Gasteiger partial charge in [0, 0.05) is 18.6 Å². The van der Waals surface area contributed by atoms with Crippen molar-refractivity contribution < 1.29 is 14.0 Å². The molecule has 0 amide bonds. The molecule has 0 N–H and O–H groups in total. The number of methoxy groups -OCH3 is 1. The van der Waals surface area contributed by atoms with E-state index in [-0.39, 0.29) is 12.5 Å². The third-order valence-electron chi connectivity index (χ3n) is 7.36. The van der Waals surface area contributed by atoms with Gasteiger partial charge in [-0.05, 0) is 78.8 Å². The van der Waals surface area contributed by atoms with Crippen LogP contribution in [0, 0.1) is 23.2 Å². The molecular weight excluding hydrogens is 323 g/mol. The van der Waals surface area contributed by atoms with E-state index in [1.807, 2.05) is 7.11 Å². The fourth-order valence-electron chi connectivity index (χ4n) is 6.61. The van der Waals surface area contributed by atoms with Crippen molar-refractivity contribution in [2.75, 3.05) is 20.3 Å². The van der Waals surface area contributed by atoms with Gasteiger partial charge in [0.1, 0.15) is 5.75 Å². The topological polar surface area (TPSA) is 27.7 Å². The summed E-state index contributed by atoms with van der Waals surface area (Å²) in [4.78, 5) is 0. The molecule has 4 aliphatic carbocycles. The average molecular weight is 354 g/mol. The number of hydrogen-bond donors (Lipinski definition) is 0. The lowest BCUT2D eigenvalue weighted by Crippen LogP contribution is -2.50. The molecule has 4 bridgehead atoms. The summed E-state index contributed by atoms with van der Waals surface area (Å²) in [5, 5.41) is 0. The van der Waals surface area contributed by atoms with Crippen LogP contribution in [0.3, 0.4) is 0 Å². The van der Waals surface area contributed by atoms with Crippen LogP contribution in [0.15, 0.2) is 18.2 Å². The highest BCUT2D eigenvalue weighted by molar-refractivity contribution is 6.61. The maximum atomic E-state index is 6.06. The first-order valence-corrected chi connectivity index (χ1v) is 10.4. The summed E-state index contributed by atoms with van der Waals surface area (Å²) in [5.74, 6) is 3.85. The summed E-state index contributed by atoms with van der Waals surface area (Å²) in [5.41, 5.74) is 3.01. The van der Waals surface area contributed by atoms with E-state index in [2.05, 4.69) is 32.0 Å². The summed E-state index contributed by atoms with van der Waals surface area (Å²) >= 11 is 0. The predicted molar refractivity (Wildman–Crippen MR) is 104 cm³/mol. The third kappa shape index (κ3) is 2.81. The van der Waals surface area contributed by atoms with Crippen LogP contribution in [-0.2, 0) is 14.7 Å². The zero-order valence-corrected chi connectivity index (χ0v) is 16.4. The van der Waals surface area contributed by atoms with Gasteiger partial charge in [-0.15, -0.1) is 0 Å². The maximum absolute atomic E-state index is 6.06. The second-order valence-corrected chi connectivity index (χ2v) is 10.3. The van der Waals surface area contributed by atoms with Crippen molar-refractivity contribution >= 4 is 12.6 Å². The molecular formula is C22H31BO3. The van der Waals surface area contributed by atoms with E-state index in [4.69, 9.17) is 14.0 Å². The first kappa shape index (κ1) is 17.1. The van der Waals surface area contributed by atoms with Gasteiger partial charge in [0.05, 0.1) is 7.11 Å². The minimum absolute atomic E-state index is 0.103. The van der Waals surface area contributed by atoms with Crippen molar-refractivity contribution in [3.63, 3.8) is 0 Å². The van der Waals surface area contributed by atoms with Crippen molar-refractivity contribution in [3.05, 3.63) is 23.8 Å². The molecule has 26 heavy (non-hydrogen) atoms. The molecule has 6 rings (SSSR count). The summed E-state index contributed by atoms with van der Waals surface area (Å²) < 4.78 is 18.0. The van der Waals surface area contributed by atoms with E-state index in [0.29, 0.717) is 5.41 Å². The van der Waals surface area contributed by atoms with Crippen molar-refractivity contribution in [1.82, 2.24) is 0 Å². The highest BCUT2D eigenvalue weighted by Crippen LogP contribution is 2.61. The number of benzene rings is 1. The van der Waals surface area contributed by atoms with Gasteiger partial charge in [-0.1, -0.05) is 26.0 Å². The van der Waals surface area contributed by atoms with Crippen molar-refractivity contribution in [2.45, 2.75) is 57.8 Å². The number of ether oxygens (including phenoxy) is 1. The minimum atomic E-state index is -0.235. The van der Waals surface area contributed by atoms with Crippen LogP contribution in [0.2, 0.25) is 0 Å². The van der Waals surface area contributed by atoms with Crippen LogP contribution in [0.5, 0.6) is 5.75 Å². The van der Waals surface area contributed by atoms with Gasteiger partial charge in [0.2, 0.25) is 0 Å². The van der Waals surface area contributed by atoms with Gasteiger partial charge in [-0.2, -0.15) is 0 Å². The SMILES string of the molecule is COc1ccc(B2OCC(C)(C)CO2)cc1C12CC3CC(CC(C3)C1)C2. The van der Waals surface area contributed by atoms with Gasteiger partial charge in [0.15, 0.2) is 0 Å². The first-order valence-electron chi connectivity index (χ1n) is 10.4. The molecule has 0 atom stereocenters. The molecule has 5 fully saturated rings. The van der Waals surface area contributed by atoms with E-state index in [9.17, 15) is 0 Å². The molecule has 1 saturated heterocycles. The lowest BCUT2D eigenvalue weighted by molar-refractivity contribution is -0.00615. The van der Waals surface area contributed by atoms with E-state index in [1.54, 1.807) is 0 Å². The largest absolute Gasteiger partial charge is 0.496 e. The van der Waals surface area contributed by atoms with Crippen molar-refractivity contribution in [1.29, 1.82) is 0 Å². The summed E-state index contributed by atoms with van der Waals surface area (Å²) in [6, 6.07) is 6.64. The fraction of sp³-hybridized carbons (Fsp3) is 0.727. The van der Waals surface area contributed by atoms with E-state index >= 15 is 0 Å². The molecule has 1 aromatic carbocycles. The first-order chi connectivity index (χ1) is 12.5. The zero-order chi connectivity index (χ0) is 17.9. The fourth-order valence-corrected chi connectivity index (χ4v) is 6.61. The van der Waals surface area contributed by atoms with Crippen LogP contribution in [0.25, 0.3) is 0 Å². The Labute approximate surface area is 157 Å². The minimum Gasteiger partial charge on any atom is -0.496 e. The average Bonchev–Trinajstić information content (AvgIpc) is 2.60. The Morgan fingerprint density at radius 2 is 1.54 bits per heavy atom. The van der Waals surface area contributed by atoms with Gasteiger partial charge in [-0.25, -0.2) is 0 Å². The molecule has 5 aliphatic rings. The van der Waals surface area contributed by atoms with Crippen LogP contribution < -0.4 is 10.2 Å². The summed E-state index contributed by atoms with van der Waals surface area (Å²) in [7, 11) is 1.58. The molecule has 1 aromatic rings. The Hall–Kier alpha value is -0.995. The second kappa shape index (κ2) is 6.00. The highest BCUT2D eigenvalue weighted by Gasteiger charge is 2.52. The number of hydrogen-bond acceptors (Lipinski definition) is 3. The second-order valence-electron chi connectivity index (χ2n) is 10.3. The van der Waals surface area contributed by atoms with E-state index < -0.39 is 0 Å². The number of rotatable bonds is 3. The molecule has 0 radical (unpaired) electrons. The Morgan fingerprint density at radius 3 is 2.08 bits per heavy atom. The molecule has 3 nitrogen and oxygen atoms in total. The Morgan fingerprint density at radius 1 is 0.962 bits per heavy atom. The van der Waals surface area contributed by atoms with Crippen molar-refractivity contribution in [3.8, 4) is 5.75 Å².